The fourth-order valence-electron chi connectivity index (χ4n) is 1.12. The lowest BCUT2D eigenvalue weighted by molar-refractivity contribution is -0.146. The number of carbonyl (C=O) groups is 1. The molecule has 0 aromatic heterocycles. The second-order valence-corrected chi connectivity index (χ2v) is 6.58. The highest BCUT2D eigenvalue weighted by Gasteiger charge is 2.32. The molecular formula is C9H14Cl4O2. The Balaban J connectivity index is 4.31. The largest absolute Gasteiger partial charge is 0.469 e. The van der Waals surface area contributed by atoms with Gasteiger partial charge in [0.2, 0.25) is 0 Å². The lowest BCUT2D eigenvalue weighted by Crippen LogP contribution is -2.29. The predicted molar refractivity (Wildman–Crippen MR) is 64.9 cm³/mol. The van der Waals surface area contributed by atoms with Crippen LogP contribution in [-0.4, -0.2) is 22.2 Å². The van der Waals surface area contributed by atoms with Crippen LogP contribution in [0.15, 0.2) is 0 Å². The van der Waals surface area contributed by atoms with E-state index in [-0.39, 0.29) is 29.6 Å². The fraction of sp³-hybridized carbons (Fsp3) is 0.889. The summed E-state index contributed by atoms with van der Waals surface area (Å²) >= 11 is 22.9. The molecule has 0 aromatic carbocycles. The van der Waals surface area contributed by atoms with Gasteiger partial charge in [-0.15, -0.1) is 11.6 Å². The molecule has 0 saturated heterocycles. The topological polar surface area (TPSA) is 26.3 Å². The van der Waals surface area contributed by atoms with E-state index in [1.165, 1.54) is 7.11 Å². The molecule has 2 nitrogen and oxygen atoms in total. The lowest BCUT2D eigenvalue weighted by atomic mass is 9.91. The van der Waals surface area contributed by atoms with Gasteiger partial charge in [-0.3, -0.25) is 4.79 Å². The molecule has 0 radical (unpaired) electrons. The zero-order valence-electron chi connectivity index (χ0n) is 8.77. The highest BCUT2D eigenvalue weighted by molar-refractivity contribution is 6.67. The fourth-order valence-corrected chi connectivity index (χ4v) is 2.31. The maximum Gasteiger partial charge on any atom is 0.308 e. The first-order valence-corrected chi connectivity index (χ1v) is 6.04. The summed E-state index contributed by atoms with van der Waals surface area (Å²) in [5.74, 6) is -0.739. The summed E-state index contributed by atoms with van der Waals surface area (Å²) in [5.41, 5.74) is 0. The normalized spacial score (nSPS) is 18.1. The van der Waals surface area contributed by atoms with Crippen LogP contribution in [0.25, 0.3) is 0 Å². The highest BCUT2D eigenvalue weighted by atomic mass is 35.6. The van der Waals surface area contributed by atoms with E-state index in [2.05, 4.69) is 4.74 Å². The Labute approximate surface area is 110 Å². The SMILES string of the molecule is COC(=O)C(C)C(C)C(Cl)CC(Cl)(Cl)Cl. The van der Waals surface area contributed by atoms with Crippen molar-refractivity contribution in [2.75, 3.05) is 7.11 Å². The Kier molecular flexibility index (Phi) is 6.65. The molecule has 0 aliphatic rings. The Hall–Kier alpha value is 0.630. The van der Waals surface area contributed by atoms with Gasteiger partial charge in [0.05, 0.1) is 13.0 Å². The minimum absolute atomic E-state index is 0.116. The van der Waals surface area contributed by atoms with Gasteiger partial charge in [0.15, 0.2) is 3.79 Å². The van der Waals surface area contributed by atoms with Gasteiger partial charge in [-0.25, -0.2) is 0 Å². The van der Waals surface area contributed by atoms with E-state index in [1.54, 1.807) is 6.92 Å². The van der Waals surface area contributed by atoms with E-state index in [0.29, 0.717) is 0 Å². The van der Waals surface area contributed by atoms with Gasteiger partial charge in [0, 0.05) is 11.8 Å². The number of esters is 1. The third-order valence-corrected chi connectivity index (χ3v) is 3.37. The average Bonchev–Trinajstić information content (AvgIpc) is 2.11. The molecule has 90 valence electrons. The molecule has 0 fully saturated rings. The minimum Gasteiger partial charge on any atom is -0.469 e. The Morgan fingerprint density at radius 3 is 2.13 bits per heavy atom. The highest BCUT2D eigenvalue weighted by Crippen LogP contribution is 2.36. The third-order valence-electron chi connectivity index (χ3n) is 2.36. The molecule has 3 unspecified atom stereocenters. The Morgan fingerprint density at radius 2 is 1.80 bits per heavy atom. The van der Waals surface area contributed by atoms with Crippen molar-refractivity contribution in [2.45, 2.75) is 29.4 Å². The zero-order chi connectivity index (χ0) is 12.2. The van der Waals surface area contributed by atoms with Crippen LogP contribution >= 0.6 is 46.4 Å². The summed E-state index contributed by atoms with van der Waals surface area (Å²) in [6.07, 6.45) is 0.196. The quantitative estimate of drug-likeness (QED) is 0.582. The molecule has 0 N–H and O–H groups in total. The van der Waals surface area contributed by atoms with Crippen LogP contribution < -0.4 is 0 Å². The molecule has 3 atom stereocenters. The molecule has 0 bridgehead atoms. The van der Waals surface area contributed by atoms with Gasteiger partial charge in [-0.1, -0.05) is 48.7 Å². The van der Waals surface area contributed by atoms with Crippen LogP contribution in [0.5, 0.6) is 0 Å². The van der Waals surface area contributed by atoms with Crippen molar-refractivity contribution in [3.05, 3.63) is 0 Å². The van der Waals surface area contributed by atoms with Crippen molar-refractivity contribution in [1.29, 1.82) is 0 Å². The van der Waals surface area contributed by atoms with Crippen molar-refractivity contribution in [1.82, 2.24) is 0 Å². The molecule has 0 aliphatic heterocycles. The van der Waals surface area contributed by atoms with E-state index in [9.17, 15) is 4.79 Å². The number of ether oxygens (including phenoxy) is 1. The predicted octanol–water partition coefficient (Wildman–Crippen LogP) is 3.80. The number of halogens is 4. The number of carbonyl (C=O) groups excluding carboxylic acids is 1. The zero-order valence-corrected chi connectivity index (χ0v) is 11.8. The molecule has 6 heteroatoms. The van der Waals surface area contributed by atoms with Crippen LogP contribution in [0.1, 0.15) is 20.3 Å². The number of rotatable bonds is 4. The van der Waals surface area contributed by atoms with Gasteiger partial charge in [-0.05, 0) is 5.92 Å². The van der Waals surface area contributed by atoms with Gasteiger partial charge < -0.3 is 4.74 Å². The first-order valence-electron chi connectivity index (χ1n) is 4.47. The summed E-state index contributed by atoms with van der Waals surface area (Å²) < 4.78 is 3.22. The number of methoxy groups -OCH3 is 1. The van der Waals surface area contributed by atoms with Crippen LogP contribution in [0.3, 0.4) is 0 Å². The molecule has 0 spiro atoms. The summed E-state index contributed by atoms with van der Waals surface area (Å²) in [7, 11) is 1.34. The van der Waals surface area contributed by atoms with Gasteiger partial charge in [0.25, 0.3) is 0 Å². The summed E-state index contributed by atoms with van der Waals surface area (Å²) in [6.45, 7) is 3.57. The monoisotopic (exact) mass is 294 g/mol. The van der Waals surface area contributed by atoms with Crippen LogP contribution in [0.4, 0.5) is 0 Å². The smallest absolute Gasteiger partial charge is 0.308 e. The second-order valence-electron chi connectivity index (χ2n) is 3.51. The van der Waals surface area contributed by atoms with Gasteiger partial charge >= 0.3 is 5.97 Å². The molecule has 15 heavy (non-hydrogen) atoms. The first-order chi connectivity index (χ1) is 6.69. The first kappa shape index (κ1) is 15.6. The van der Waals surface area contributed by atoms with E-state index in [1.807, 2.05) is 6.92 Å². The second kappa shape index (κ2) is 6.39. The van der Waals surface area contributed by atoms with E-state index < -0.39 is 3.79 Å². The Morgan fingerprint density at radius 1 is 1.33 bits per heavy atom. The lowest BCUT2D eigenvalue weighted by Gasteiger charge is -2.25. The molecule has 0 saturated carbocycles. The van der Waals surface area contributed by atoms with Crippen molar-refractivity contribution < 1.29 is 9.53 Å². The van der Waals surface area contributed by atoms with Crippen LogP contribution in [0.2, 0.25) is 0 Å². The van der Waals surface area contributed by atoms with Gasteiger partial charge in [0.1, 0.15) is 0 Å². The number of hydrogen-bond acceptors (Lipinski definition) is 2. The number of hydrogen-bond donors (Lipinski definition) is 0. The minimum atomic E-state index is -1.39. The molecule has 0 aromatic rings. The van der Waals surface area contributed by atoms with E-state index in [0.717, 1.165) is 0 Å². The Bertz CT molecular complexity index is 215. The molecular weight excluding hydrogens is 282 g/mol. The van der Waals surface area contributed by atoms with E-state index in [4.69, 9.17) is 46.4 Å². The molecule has 0 amide bonds. The van der Waals surface area contributed by atoms with Gasteiger partial charge in [-0.2, -0.15) is 0 Å². The molecule has 0 heterocycles. The van der Waals surface area contributed by atoms with Crippen molar-refractivity contribution in [3.8, 4) is 0 Å². The maximum atomic E-state index is 11.2. The maximum absolute atomic E-state index is 11.2. The number of alkyl halides is 4. The summed E-state index contributed by atoms with van der Waals surface area (Å²) in [5, 5.41) is -0.383. The third kappa shape index (κ3) is 6.06. The molecule has 0 aliphatic carbocycles. The summed E-state index contributed by atoms with van der Waals surface area (Å²) in [6, 6.07) is 0. The van der Waals surface area contributed by atoms with Crippen molar-refractivity contribution >= 4 is 52.4 Å². The summed E-state index contributed by atoms with van der Waals surface area (Å²) in [4.78, 5) is 11.2. The standard InChI is InChI=1S/C9H14Cl4O2/c1-5(6(2)8(14)15-3)7(10)4-9(11,12)13/h5-7H,4H2,1-3H3. The molecule has 0 rings (SSSR count). The van der Waals surface area contributed by atoms with Crippen LogP contribution in [0, 0.1) is 11.8 Å². The van der Waals surface area contributed by atoms with Crippen molar-refractivity contribution in [3.63, 3.8) is 0 Å². The van der Waals surface area contributed by atoms with Crippen molar-refractivity contribution in [2.24, 2.45) is 11.8 Å². The van der Waals surface area contributed by atoms with E-state index >= 15 is 0 Å². The average molecular weight is 296 g/mol. The van der Waals surface area contributed by atoms with Crippen LogP contribution in [-0.2, 0) is 9.53 Å².